The first-order valence-electron chi connectivity index (χ1n) is 6.65. The number of anilines is 1. The topological polar surface area (TPSA) is 21.3 Å². The Bertz CT molecular complexity index is 312. The first-order valence-corrected chi connectivity index (χ1v) is 6.65. The van der Waals surface area contributed by atoms with Crippen molar-refractivity contribution < 1.29 is 4.74 Å². The van der Waals surface area contributed by atoms with Crippen LogP contribution >= 0.6 is 0 Å². The van der Waals surface area contributed by atoms with Crippen LogP contribution in [0.2, 0.25) is 0 Å². The van der Waals surface area contributed by atoms with Gasteiger partial charge in [0.05, 0.1) is 6.61 Å². The molecule has 0 aromatic heterocycles. The van der Waals surface area contributed by atoms with E-state index in [1.54, 1.807) is 7.11 Å². The highest BCUT2D eigenvalue weighted by Gasteiger charge is 2.08. The van der Waals surface area contributed by atoms with Crippen molar-refractivity contribution in [3.63, 3.8) is 0 Å². The van der Waals surface area contributed by atoms with Crippen molar-refractivity contribution in [1.29, 1.82) is 0 Å². The zero-order valence-electron chi connectivity index (χ0n) is 11.3. The number of hydrogen-bond donors (Lipinski definition) is 1. The highest BCUT2D eigenvalue weighted by molar-refractivity contribution is 5.51. The second-order valence-corrected chi connectivity index (χ2v) is 4.48. The standard InChI is InChI=1S/C15H25NO/c1-4-6-10-14(5-2)16-15-11-8-7-9-13(15)12-17-3/h7-9,11,14,16H,4-6,10,12H2,1-3H3. The fourth-order valence-electron chi connectivity index (χ4n) is 1.99. The number of para-hydroxylation sites is 1. The molecule has 0 amide bonds. The summed E-state index contributed by atoms with van der Waals surface area (Å²) >= 11 is 0. The van der Waals surface area contributed by atoms with E-state index in [9.17, 15) is 0 Å². The second kappa shape index (κ2) is 8.13. The summed E-state index contributed by atoms with van der Waals surface area (Å²) in [5.74, 6) is 0. The Morgan fingerprint density at radius 3 is 2.65 bits per heavy atom. The Labute approximate surface area is 105 Å². The Kier molecular flexibility index (Phi) is 6.71. The van der Waals surface area contributed by atoms with Crippen molar-refractivity contribution in [2.24, 2.45) is 0 Å². The van der Waals surface area contributed by atoms with Gasteiger partial charge in [-0.15, -0.1) is 0 Å². The Morgan fingerprint density at radius 2 is 2.00 bits per heavy atom. The van der Waals surface area contributed by atoms with Gasteiger partial charge < -0.3 is 10.1 Å². The number of benzene rings is 1. The van der Waals surface area contributed by atoms with Crippen LogP contribution in [0.15, 0.2) is 24.3 Å². The molecule has 0 radical (unpaired) electrons. The first-order chi connectivity index (χ1) is 8.31. The van der Waals surface area contributed by atoms with Crippen LogP contribution in [-0.2, 0) is 11.3 Å². The molecule has 0 aliphatic heterocycles. The van der Waals surface area contributed by atoms with Crippen LogP contribution in [0.4, 0.5) is 5.69 Å². The third-order valence-corrected chi connectivity index (χ3v) is 3.08. The number of methoxy groups -OCH3 is 1. The van der Waals surface area contributed by atoms with Crippen molar-refractivity contribution >= 4 is 5.69 Å². The van der Waals surface area contributed by atoms with Crippen LogP contribution in [0.25, 0.3) is 0 Å². The van der Waals surface area contributed by atoms with Gasteiger partial charge in [0, 0.05) is 24.4 Å². The minimum Gasteiger partial charge on any atom is -0.382 e. The van der Waals surface area contributed by atoms with Gasteiger partial charge in [-0.25, -0.2) is 0 Å². The smallest absolute Gasteiger partial charge is 0.0733 e. The maximum atomic E-state index is 5.22. The number of ether oxygens (including phenoxy) is 1. The molecular formula is C15H25NO. The highest BCUT2D eigenvalue weighted by atomic mass is 16.5. The van der Waals surface area contributed by atoms with Gasteiger partial charge in [0.2, 0.25) is 0 Å². The van der Waals surface area contributed by atoms with E-state index in [-0.39, 0.29) is 0 Å². The van der Waals surface area contributed by atoms with E-state index in [0.29, 0.717) is 12.6 Å². The molecule has 1 aromatic rings. The second-order valence-electron chi connectivity index (χ2n) is 4.48. The van der Waals surface area contributed by atoms with Crippen molar-refractivity contribution in [2.45, 2.75) is 52.2 Å². The molecule has 0 saturated heterocycles. The van der Waals surface area contributed by atoms with Gasteiger partial charge in [0.25, 0.3) is 0 Å². The van der Waals surface area contributed by atoms with Gasteiger partial charge in [0.15, 0.2) is 0 Å². The van der Waals surface area contributed by atoms with E-state index in [1.807, 2.05) is 0 Å². The molecule has 1 atom stereocenters. The summed E-state index contributed by atoms with van der Waals surface area (Å²) in [6.07, 6.45) is 4.96. The van der Waals surface area contributed by atoms with Crippen molar-refractivity contribution in [3.05, 3.63) is 29.8 Å². The van der Waals surface area contributed by atoms with E-state index in [4.69, 9.17) is 4.74 Å². The molecule has 1 aromatic carbocycles. The third kappa shape index (κ3) is 4.78. The summed E-state index contributed by atoms with van der Waals surface area (Å²) in [7, 11) is 1.74. The molecule has 0 bridgehead atoms. The number of nitrogens with one attached hydrogen (secondary N) is 1. The van der Waals surface area contributed by atoms with E-state index in [1.165, 1.54) is 36.9 Å². The third-order valence-electron chi connectivity index (χ3n) is 3.08. The largest absolute Gasteiger partial charge is 0.382 e. The van der Waals surface area contributed by atoms with Crippen LogP contribution in [0, 0.1) is 0 Å². The molecular weight excluding hydrogens is 210 g/mol. The predicted octanol–water partition coefficient (Wildman–Crippen LogP) is 4.21. The summed E-state index contributed by atoms with van der Waals surface area (Å²) in [5.41, 5.74) is 2.46. The number of rotatable bonds is 8. The molecule has 0 aliphatic rings. The SMILES string of the molecule is CCCCC(CC)Nc1ccccc1COC. The van der Waals surface area contributed by atoms with Gasteiger partial charge in [-0.05, 0) is 18.9 Å². The predicted molar refractivity (Wildman–Crippen MR) is 74.4 cm³/mol. The molecule has 1 N–H and O–H groups in total. The van der Waals surface area contributed by atoms with E-state index >= 15 is 0 Å². The lowest BCUT2D eigenvalue weighted by molar-refractivity contribution is 0.185. The van der Waals surface area contributed by atoms with E-state index in [2.05, 4.69) is 43.4 Å². The molecule has 1 rings (SSSR count). The van der Waals surface area contributed by atoms with E-state index in [0.717, 1.165) is 0 Å². The molecule has 0 saturated carbocycles. The van der Waals surface area contributed by atoms with Gasteiger partial charge in [-0.2, -0.15) is 0 Å². The summed E-state index contributed by atoms with van der Waals surface area (Å²) in [5, 5.41) is 3.64. The van der Waals surface area contributed by atoms with Crippen LogP contribution < -0.4 is 5.32 Å². The number of hydrogen-bond acceptors (Lipinski definition) is 2. The lowest BCUT2D eigenvalue weighted by Gasteiger charge is -2.20. The highest BCUT2D eigenvalue weighted by Crippen LogP contribution is 2.19. The average Bonchev–Trinajstić information content (AvgIpc) is 2.36. The van der Waals surface area contributed by atoms with E-state index < -0.39 is 0 Å². The van der Waals surface area contributed by atoms with Gasteiger partial charge in [-0.1, -0.05) is 44.9 Å². The quantitative estimate of drug-likeness (QED) is 0.728. The maximum Gasteiger partial charge on any atom is 0.0733 e. The first kappa shape index (κ1) is 14.0. The monoisotopic (exact) mass is 235 g/mol. The zero-order valence-corrected chi connectivity index (χ0v) is 11.3. The summed E-state index contributed by atoms with van der Waals surface area (Å²) < 4.78 is 5.22. The Morgan fingerprint density at radius 1 is 1.24 bits per heavy atom. The van der Waals surface area contributed by atoms with Gasteiger partial charge >= 0.3 is 0 Å². The van der Waals surface area contributed by atoms with Gasteiger partial charge in [0.1, 0.15) is 0 Å². The number of unbranched alkanes of at least 4 members (excludes halogenated alkanes) is 1. The Balaban J connectivity index is 2.64. The molecule has 0 fully saturated rings. The van der Waals surface area contributed by atoms with Crippen molar-refractivity contribution in [3.8, 4) is 0 Å². The summed E-state index contributed by atoms with van der Waals surface area (Å²) in [6, 6.07) is 8.98. The molecule has 17 heavy (non-hydrogen) atoms. The normalized spacial score (nSPS) is 12.4. The fourth-order valence-corrected chi connectivity index (χ4v) is 1.99. The molecule has 2 heteroatoms. The van der Waals surface area contributed by atoms with Crippen molar-refractivity contribution in [1.82, 2.24) is 0 Å². The van der Waals surface area contributed by atoms with Crippen molar-refractivity contribution in [2.75, 3.05) is 12.4 Å². The molecule has 2 nitrogen and oxygen atoms in total. The molecule has 0 aliphatic carbocycles. The van der Waals surface area contributed by atoms with Crippen LogP contribution in [0.5, 0.6) is 0 Å². The van der Waals surface area contributed by atoms with Gasteiger partial charge in [-0.3, -0.25) is 0 Å². The minimum absolute atomic E-state index is 0.577. The van der Waals surface area contributed by atoms with Crippen LogP contribution in [-0.4, -0.2) is 13.2 Å². The molecule has 96 valence electrons. The zero-order chi connectivity index (χ0) is 12.5. The average molecular weight is 235 g/mol. The lowest BCUT2D eigenvalue weighted by atomic mass is 10.1. The summed E-state index contributed by atoms with van der Waals surface area (Å²) in [4.78, 5) is 0. The Hall–Kier alpha value is -1.02. The molecule has 1 unspecified atom stereocenters. The molecule has 0 spiro atoms. The van der Waals surface area contributed by atoms with Crippen LogP contribution in [0.3, 0.4) is 0 Å². The maximum absolute atomic E-state index is 5.22. The molecule has 0 heterocycles. The minimum atomic E-state index is 0.577. The fraction of sp³-hybridized carbons (Fsp3) is 0.600. The van der Waals surface area contributed by atoms with Crippen LogP contribution in [0.1, 0.15) is 45.1 Å². The lowest BCUT2D eigenvalue weighted by Crippen LogP contribution is -2.19. The summed E-state index contributed by atoms with van der Waals surface area (Å²) in [6.45, 7) is 5.16.